The van der Waals surface area contributed by atoms with E-state index in [1.165, 1.54) is 0 Å². The van der Waals surface area contributed by atoms with E-state index in [9.17, 15) is 15.0 Å². The Balaban J connectivity index is 0.999. The van der Waals surface area contributed by atoms with Gasteiger partial charge in [0.05, 0.1) is 24.9 Å². The molecule has 9 nitrogen and oxygen atoms in total. The van der Waals surface area contributed by atoms with Crippen LogP contribution in [0, 0.1) is 5.92 Å². The number of carbonyl (C=O) groups is 1. The van der Waals surface area contributed by atoms with Crippen LogP contribution in [0.25, 0.3) is 11.1 Å². The Morgan fingerprint density at radius 1 is 0.741 bits per heavy atom. The quantitative estimate of drug-likeness (QED) is 0.0872. The molecule has 1 aliphatic rings. The minimum atomic E-state index is -0.650. The van der Waals surface area contributed by atoms with Gasteiger partial charge in [0.25, 0.3) is 0 Å². The van der Waals surface area contributed by atoms with Gasteiger partial charge < -0.3 is 35.1 Å². The van der Waals surface area contributed by atoms with E-state index in [1.807, 2.05) is 135 Å². The van der Waals surface area contributed by atoms with Gasteiger partial charge in [-0.25, -0.2) is 4.79 Å². The third-order valence-electron chi connectivity index (χ3n) is 10.9. The van der Waals surface area contributed by atoms with Gasteiger partial charge in [0.1, 0.15) is 11.5 Å². The fraction of sp³-hybridized carbons (Fsp3) is 0.245. The SMILES string of the molecule is C[C@H]1[C@@H](CN(C)[C@@H](C)[C@H](O)c2ccccc2)O[C@@H](c2ccc(-c3cccc(CNC(=O)Nc4ccc(Oc5ccccc5)cc4)c3)cc2)O[C@H]1c1ccc(CO)cc1. The van der Waals surface area contributed by atoms with Gasteiger partial charge in [0.15, 0.2) is 6.29 Å². The largest absolute Gasteiger partial charge is 0.457 e. The molecule has 4 N–H and O–H groups in total. The Morgan fingerprint density at radius 3 is 2.09 bits per heavy atom. The van der Waals surface area contributed by atoms with Gasteiger partial charge in [-0.3, -0.25) is 4.90 Å². The molecule has 0 aliphatic carbocycles. The van der Waals surface area contributed by atoms with Crippen LogP contribution in [0.5, 0.6) is 11.5 Å². The molecule has 0 unspecified atom stereocenters. The molecule has 1 saturated heterocycles. The third-order valence-corrected chi connectivity index (χ3v) is 10.9. The summed E-state index contributed by atoms with van der Waals surface area (Å²) in [5, 5.41) is 26.7. The molecule has 58 heavy (non-hydrogen) atoms. The summed E-state index contributed by atoms with van der Waals surface area (Å²) in [6.07, 6.45) is -1.73. The number of hydrogen-bond acceptors (Lipinski definition) is 7. The number of benzene rings is 6. The maximum atomic E-state index is 12.8. The van der Waals surface area contributed by atoms with Gasteiger partial charge in [0.2, 0.25) is 0 Å². The fourth-order valence-corrected chi connectivity index (χ4v) is 7.23. The second-order valence-electron chi connectivity index (χ2n) is 14.9. The maximum absolute atomic E-state index is 12.8. The number of urea groups is 1. The van der Waals surface area contributed by atoms with E-state index >= 15 is 0 Å². The van der Waals surface area contributed by atoms with Gasteiger partial charge in [-0.1, -0.05) is 122 Å². The Bertz CT molecular complexity index is 2200. The summed E-state index contributed by atoms with van der Waals surface area (Å²) < 4.78 is 19.3. The number of aliphatic hydroxyl groups excluding tert-OH is 2. The second-order valence-corrected chi connectivity index (χ2v) is 14.9. The minimum absolute atomic E-state index is 0.00229. The number of aliphatic hydroxyl groups is 2. The molecule has 9 heteroatoms. The summed E-state index contributed by atoms with van der Waals surface area (Å²) >= 11 is 0. The molecule has 0 bridgehead atoms. The highest BCUT2D eigenvalue weighted by Gasteiger charge is 2.39. The smallest absolute Gasteiger partial charge is 0.319 e. The molecule has 1 fully saturated rings. The number of para-hydroxylation sites is 1. The summed E-state index contributed by atoms with van der Waals surface area (Å²) in [6.45, 7) is 5.10. The van der Waals surface area contributed by atoms with E-state index < -0.39 is 12.4 Å². The fourth-order valence-electron chi connectivity index (χ4n) is 7.23. The topological polar surface area (TPSA) is 113 Å². The lowest BCUT2D eigenvalue weighted by atomic mass is 9.89. The highest BCUT2D eigenvalue weighted by atomic mass is 16.7. The van der Waals surface area contributed by atoms with Crippen molar-refractivity contribution >= 4 is 11.7 Å². The Kier molecular flexibility index (Phi) is 13.3. The number of ether oxygens (including phenoxy) is 3. The number of carbonyl (C=O) groups excluding carboxylic acids is 1. The van der Waals surface area contributed by atoms with E-state index in [1.54, 1.807) is 12.1 Å². The highest BCUT2D eigenvalue weighted by Crippen LogP contribution is 2.42. The first-order valence-corrected chi connectivity index (χ1v) is 19.7. The first-order valence-electron chi connectivity index (χ1n) is 19.7. The van der Waals surface area contributed by atoms with Crippen LogP contribution in [0.4, 0.5) is 10.5 Å². The molecule has 0 saturated carbocycles. The summed E-state index contributed by atoms with van der Waals surface area (Å²) in [6, 6.07) is 50.3. The zero-order valence-corrected chi connectivity index (χ0v) is 33.1. The van der Waals surface area contributed by atoms with Crippen LogP contribution in [0.1, 0.15) is 60.2 Å². The molecule has 6 atom stereocenters. The minimum Gasteiger partial charge on any atom is -0.457 e. The lowest BCUT2D eigenvalue weighted by Crippen LogP contribution is -2.46. The third kappa shape index (κ3) is 10.2. The Morgan fingerprint density at radius 2 is 1.40 bits per heavy atom. The first-order chi connectivity index (χ1) is 28.2. The van der Waals surface area contributed by atoms with Crippen molar-refractivity contribution < 1.29 is 29.2 Å². The molecule has 1 heterocycles. The predicted molar refractivity (Wildman–Crippen MR) is 227 cm³/mol. The lowest BCUT2D eigenvalue weighted by molar-refractivity contribution is -0.276. The number of hydrogen-bond donors (Lipinski definition) is 4. The molecule has 1 aliphatic heterocycles. The number of nitrogens with zero attached hydrogens (tertiary/aromatic N) is 1. The predicted octanol–water partition coefficient (Wildman–Crippen LogP) is 9.81. The average molecular weight is 778 g/mol. The normalized spacial score (nSPS) is 18.9. The van der Waals surface area contributed by atoms with Crippen LogP contribution in [0.2, 0.25) is 0 Å². The van der Waals surface area contributed by atoms with Gasteiger partial charge in [0, 0.05) is 36.3 Å². The summed E-state index contributed by atoms with van der Waals surface area (Å²) in [5.74, 6) is 1.43. The second kappa shape index (κ2) is 19.1. The van der Waals surface area contributed by atoms with Crippen molar-refractivity contribution in [2.75, 3.05) is 18.9 Å². The Hall–Kier alpha value is -5.81. The van der Waals surface area contributed by atoms with Crippen LogP contribution in [0.15, 0.2) is 158 Å². The number of amides is 2. The van der Waals surface area contributed by atoms with Gasteiger partial charge in [-0.2, -0.15) is 0 Å². The highest BCUT2D eigenvalue weighted by molar-refractivity contribution is 5.89. The summed E-state index contributed by atoms with van der Waals surface area (Å²) in [4.78, 5) is 14.9. The van der Waals surface area contributed by atoms with Crippen LogP contribution < -0.4 is 15.4 Å². The first kappa shape index (κ1) is 40.4. The molecular weight excluding hydrogens is 727 g/mol. The van der Waals surface area contributed by atoms with Crippen molar-refractivity contribution in [2.24, 2.45) is 5.92 Å². The van der Waals surface area contributed by atoms with Gasteiger partial charge >= 0.3 is 6.03 Å². The van der Waals surface area contributed by atoms with E-state index in [2.05, 4.69) is 46.7 Å². The van der Waals surface area contributed by atoms with E-state index in [0.717, 1.165) is 44.7 Å². The van der Waals surface area contributed by atoms with Crippen molar-refractivity contribution in [3.63, 3.8) is 0 Å². The average Bonchev–Trinajstić information content (AvgIpc) is 3.27. The molecule has 2 amide bonds. The van der Waals surface area contributed by atoms with Gasteiger partial charge in [-0.15, -0.1) is 0 Å². The summed E-state index contributed by atoms with van der Waals surface area (Å²) in [7, 11) is 2.02. The zero-order valence-electron chi connectivity index (χ0n) is 33.1. The van der Waals surface area contributed by atoms with Crippen molar-refractivity contribution in [2.45, 2.75) is 57.6 Å². The molecule has 298 valence electrons. The number of anilines is 1. The molecule has 0 aromatic heterocycles. The molecule has 6 aromatic carbocycles. The summed E-state index contributed by atoms with van der Waals surface area (Å²) in [5.41, 5.74) is 7.30. The van der Waals surface area contributed by atoms with Crippen molar-refractivity contribution in [1.29, 1.82) is 0 Å². The van der Waals surface area contributed by atoms with Crippen LogP contribution >= 0.6 is 0 Å². The van der Waals surface area contributed by atoms with Crippen molar-refractivity contribution in [1.82, 2.24) is 10.2 Å². The van der Waals surface area contributed by atoms with Crippen molar-refractivity contribution in [3.8, 4) is 22.6 Å². The molecule has 0 spiro atoms. The van der Waals surface area contributed by atoms with Crippen LogP contribution in [-0.4, -0.2) is 46.9 Å². The zero-order chi connectivity index (χ0) is 40.4. The number of likely N-dealkylation sites (N-methyl/N-ethyl adjacent to an activating group) is 1. The van der Waals surface area contributed by atoms with Crippen molar-refractivity contribution in [3.05, 3.63) is 186 Å². The monoisotopic (exact) mass is 777 g/mol. The van der Waals surface area contributed by atoms with Crippen LogP contribution in [0.3, 0.4) is 0 Å². The van der Waals surface area contributed by atoms with E-state index in [4.69, 9.17) is 14.2 Å². The standard InChI is InChI=1S/C49H51N3O6/c1-33-45(31-52(3)34(2)46(54)38-12-6-4-7-13-38)57-48(58-47(33)39-19-17-35(32-53)18-20-39)40-23-21-37(22-24-40)41-14-10-11-36(29-41)30-50-49(55)51-42-25-27-44(28-26-42)56-43-15-8-5-9-16-43/h4-29,33-34,45-48,53-54H,30-32H2,1-3H3,(H2,50,51,55)/t33-,34-,45+,46-,47+,48+/m0/s1. The van der Waals surface area contributed by atoms with Gasteiger partial charge in [-0.05, 0) is 89.8 Å². The molecular formula is C49H51N3O6. The molecule has 0 radical (unpaired) electrons. The Labute approximate surface area is 340 Å². The van der Waals surface area contributed by atoms with Crippen LogP contribution in [-0.2, 0) is 22.6 Å². The number of rotatable bonds is 14. The molecule has 6 aromatic rings. The maximum Gasteiger partial charge on any atom is 0.319 e. The lowest BCUT2D eigenvalue weighted by Gasteiger charge is -2.43. The molecule has 7 rings (SSSR count). The number of nitrogens with one attached hydrogen (secondary N) is 2. The van der Waals surface area contributed by atoms with E-state index in [0.29, 0.717) is 24.5 Å². The van der Waals surface area contributed by atoms with E-state index in [-0.39, 0.29) is 36.8 Å².